The van der Waals surface area contributed by atoms with Crippen LogP contribution in [0.25, 0.3) is 5.69 Å². The van der Waals surface area contributed by atoms with Crippen molar-refractivity contribution in [2.75, 3.05) is 26.8 Å². The van der Waals surface area contributed by atoms with Crippen molar-refractivity contribution >= 4 is 21.8 Å². The predicted molar refractivity (Wildman–Crippen MR) is 111 cm³/mol. The largest absolute Gasteiger partial charge is 0.497 e. The van der Waals surface area contributed by atoms with Crippen LogP contribution in [0.2, 0.25) is 0 Å². The molecule has 2 heterocycles. The van der Waals surface area contributed by atoms with Gasteiger partial charge in [0, 0.05) is 17.1 Å². The summed E-state index contributed by atoms with van der Waals surface area (Å²) < 4.78 is 13.8. The molecule has 1 saturated heterocycles. The second-order valence-electron chi connectivity index (χ2n) is 6.80. The van der Waals surface area contributed by atoms with Crippen molar-refractivity contribution in [3.63, 3.8) is 0 Å². The third-order valence-corrected chi connectivity index (χ3v) is 5.52. The minimum absolute atomic E-state index is 0.137. The number of aromatic nitrogens is 3. The molecule has 1 aliphatic heterocycles. The van der Waals surface area contributed by atoms with Crippen molar-refractivity contribution in [3.05, 3.63) is 70.0 Å². The SMILES string of the molecule is COc1cccc(-n2nnc(C(=O)N3CCOC(c4ccc(Br)cc4)C3)c2C)c1. The van der Waals surface area contributed by atoms with Crippen LogP contribution in [0.5, 0.6) is 5.75 Å². The maximum atomic E-state index is 13.1. The molecule has 150 valence electrons. The van der Waals surface area contributed by atoms with Crippen molar-refractivity contribution in [2.24, 2.45) is 0 Å². The van der Waals surface area contributed by atoms with E-state index in [0.717, 1.165) is 21.5 Å². The summed E-state index contributed by atoms with van der Waals surface area (Å²) in [5, 5.41) is 8.36. The fraction of sp³-hybridized carbons (Fsp3) is 0.286. The molecule has 3 aromatic rings. The Morgan fingerprint density at radius 2 is 2.03 bits per heavy atom. The van der Waals surface area contributed by atoms with E-state index in [2.05, 4.69) is 26.2 Å². The first-order valence-electron chi connectivity index (χ1n) is 9.30. The second-order valence-corrected chi connectivity index (χ2v) is 7.71. The Labute approximate surface area is 177 Å². The van der Waals surface area contributed by atoms with E-state index in [1.54, 1.807) is 16.7 Å². The van der Waals surface area contributed by atoms with Gasteiger partial charge in [0.25, 0.3) is 5.91 Å². The van der Waals surface area contributed by atoms with Gasteiger partial charge in [0.1, 0.15) is 11.9 Å². The number of halogens is 1. The fourth-order valence-electron chi connectivity index (χ4n) is 3.38. The zero-order valence-corrected chi connectivity index (χ0v) is 17.8. The number of ether oxygens (including phenoxy) is 2. The van der Waals surface area contributed by atoms with Crippen LogP contribution in [-0.2, 0) is 4.74 Å². The molecule has 0 N–H and O–H groups in total. The molecule has 1 fully saturated rings. The number of hydrogen-bond donors (Lipinski definition) is 0. The molecular formula is C21H21BrN4O3. The molecule has 0 aliphatic carbocycles. The number of morpholine rings is 1. The van der Waals surface area contributed by atoms with Gasteiger partial charge in [-0.15, -0.1) is 5.10 Å². The summed E-state index contributed by atoms with van der Waals surface area (Å²) in [6.07, 6.45) is -0.158. The molecule has 7 nitrogen and oxygen atoms in total. The molecule has 1 atom stereocenters. The van der Waals surface area contributed by atoms with E-state index in [4.69, 9.17) is 9.47 Å². The Balaban J connectivity index is 1.55. The monoisotopic (exact) mass is 456 g/mol. The molecular weight excluding hydrogens is 436 g/mol. The lowest BCUT2D eigenvalue weighted by molar-refractivity contribution is -0.0230. The lowest BCUT2D eigenvalue weighted by Gasteiger charge is -2.32. The first kappa shape index (κ1) is 19.6. The summed E-state index contributed by atoms with van der Waals surface area (Å²) in [5.74, 6) is 0.581. The van der Waals surface area contributed by atoms with E-state index in [1.165, 1.54) is 0 Å². The summed E-state index contributed by atoms with van der Waals surface area (Å²) in [6, 6.07) is 15.5. The molecule has 1 amide bonds. The predicted octanol–water partition coefficient (Wildman–Crippen LogP) is 3.56. The van der Waals surface area contributed by atoms with Crippen LogP contribution in [0.1, 0.15) is 27.8 Å². The van der Waals surface area contributed by atoms with Crippen molar-refractivity contribution in [2.45, 2.75) is 13.0 Å². The van der Waals surface area contributed by atoms with Crippen LogP contribution in [0.3, 0.4) is 0 Å². The Bertz CT molecular complexity index is 1020. The van der Waals surface area contributed by atoms with Crippen LogP contribution in [0, 0.1) is 6.92 Å². The first-order valence-corrected chi connectivity index (χ1v) is 10.1. The summed E-state index contributed by atoms with van der Waals surface area (Å²) in [5.41, 5.74) is 2.88. The van der Waals surface area contributed by atoms with E-state index in [9.17, 15) is 4.79 Å². The molecule has 0 saturated carbocycles. The Morgan fingerprint density at radius 3 is 2.79 bits per heavy atom. The smallest absolute Gasteiger partial charge is 0.276 e. The first-order chi connectivity index (χ1) is 14.1. The van der Waals surface area contributed by atoms with Gasteiger partial charge in [-0.3, -0.25) is 4.79 Å². The molecule has 2 aromatic carbocycles. The van der Waals surface area contributed by atoms with Crippen LogP contribution in [-0.4, -0.2) is 52.6 Å². The average Bonchev–Trinajstić information content (AvgIpc) is 3.15. The maximum Gasteiger partial charge on any atom is 0.276 e. The number of hydrogen-bond acceptors (Lipinski definition) is 5. The number of rotatable bonds is 4. The Hall–Kier alpha value is -2.71. The maximum absolute atomic E-state index is 13.1. The van der Waals surface area contributed by atoms with E-state index in [-0.39, 0.29) is 12.0 Å². The highest BCUT2D eigenvalue weighted by atomic mass is 79.9. The van der Waals surface area contributed by atoms with Crippen molar-refractivity contribution in [3.8, 4) is 11.4 Å². The number of amides is 1. The molecule has 1 aromatic heterocycles. The fourth-order valence-corrected chi connectivity index (χ4v) is 3.64. The van der Waals surface area contributed by atoms with E-state index < -0.39 is 0 Å². The van der Waals surface area contributed by atoms with Gasteiger partial charge >= 0.3 is 0 Å². The zero-order valence-electron chi connectivity index (χ0n) is 16.2. The molecule has 1 unspecified atom stereocenters. The summed E-state index contributed by atoms with van der Waals surface area (Å²) >= 11 is 3.44. The van der Waals surface area contributed by atoms with Gasteiger partial charge in [0.15, 0.2) is 5.69 Å². The normalized spacial score (nSPS) is 16.7. The molecule has 8 heteroatoms. The molecule has 0 bridgehead atoms. The highest BCUT2D eigenvalue weighted by molar-refractivity contribution is 9.10. The molecule has 0 radical (unpaired) electrons. The third kappa shape index (κ3) is 4.04. The number of methoxy groups -OCH3 is 1. The van der Waals surface area contributed by atoms with Crippen LogP contribution >= 0.6 is 15.9 Å². The number of benzene rings is 2. The van der Waals surface area contributed by atoms with Gasteiger partial charge in [-0.1, -0.05) is 39.3 Å². The molecule has 29 heavy (non-hydrogen) atoms. The highest BCUT2D eigenvalue weighted by Gasteiger charge is 2.29. The van der Waals surface area contributed by atoms with Gasteiger partial charge in [-0.2, -0.15) is 0 Å². The topological polar surface area (TPSA) is 69.5 Å². The van der Waals surface area contributed by atoms with Crippen LogP contribution in [0.4, 0.5) is 0 Å². The summed E-state index contributed by atoms with van der Waals surface area (Å²) in [4.78, 5) is 14.9. The van der Waals surface area contributed by atoms with Gasteiger partial charge in [-0.05, 0) is 36.8 Å². The van der Waals surface area contributed by atoms with Gasteiger partial charge in [-0.25, -0.2) is 4.68 Å². The zero-order chi connectivity index (χ0) is 20.4. The number of nitrogens with zero attached hydrogens (tertiary/aromatic N) is 4. The summed E-state index contributed by atoms with van der Waals surface area (Å²) in [6.45, 7) is 3.33. The van der Waals surface area contributed by atoms with Crippen LogP contribution < -0.4 is 4.74 Å². The quantitative estimate of drug-likeness (QED) is 0.600. The molecule has 4 rings (SSSR count). The Kier molecular flexibility index (Phi) is 5.64. The summed E-state index contributed by atoms with van der Waals surface area (Å²) in [7, 11) is 1.61. The third-order valence-electron chi connectivity index (χ3n) is 4.99. The highest BCUT2D eigenvalue weighted by Crippen LogP contribution is 2.25. The van der Waals surface area contributed by atoms with E-state index in [0.29, 0.717) is 31.1 Å². The minimum Gasteiger partial charge on any atom is -0.497 e. The van der Waals surface area contributed by atoms with Gasteiger partial charge in [0.2, 0.25) is 0 Å². The second kappa shape index (κ2) is 8.34. The lowest BCUT2D eigenvalue weighted by Crippen LogP contribution is -2.42. The number of carbonyl (C=O) groups excluding carboxylic acids is 1. The van der Waals surface area contributed by atoms with Gasteiger partial charge in [0.05, 0.1) is 31.6 Å². The minimum atomic E-state index is -0.158. The Morgan fingerprint density at radius 1 is 1.24 bits per heavy atom. The van der Waals surface area contributed by atoms with Crippen molar-refractivity contribution < 1.29 is 14.3 Å². The lowest BCUT2D eigenvalue weighted by atomic mass is 10.1. The van der Waals surface area contributed by atoms with Crippen molar-refractivity contribution in [1.29, 1.82) is 0 Å². The van der Waals surface area contributed by atoms with E-state index >= 15 is 0 Å². The van der Waals surface area contributed by atoms with Crippen LogP contribution in [0.15, 0.2) is 53.0 Å². The van der Waals surface area contributed by atoms with Crippen molar-refractivity contribution in [1.82, 2.24) is 19.9 Å². The molecule has 1 aliphatic rings. The standard InChI is InChI=1S/C21H21BrN4O3/c1-14-20(23-24-26(14)17-4-3-5-18(12-17)28-2)21(27)25-10-11-29-19(13-25)15-6-8-16(22)9-7-15/h3-9,12,19H,10-11,13H2,1-2H3. The average molecular weight is 457 g/mol. The molecule has 0 spiro atoms. The number of carbonyl (C=O) groups is 1. The van der Waals surface area contributed by atoms with E-state index in [1.807, 2.05) is 55.5 Å². The van der Waals surface area contributed by atoms with Gasteiger partial charge < -0.3 is 14.4 Å².